The third-order valence-electron chi connectivity index (χ3n) is 4.32. The maximum atomic E-state index is 11.4. The minimum absolute atomic E-state index is 0.118. The summed E-state index contributed by atoms with van der Waals surface area (Å²) in [6.45, 7) is 0. The summed E-state index contributed by atoms with van der Waals surface area (Å²) < 4.78 is 10.6. The maximum absolute atomic E-state index is 11.4. The lowest BCUT2D eigenvalue weighted by Crippen LogP contribution is -2.20. The number of amides is 1. The van der Waals surface area contributed by atoms with E-state index in [9.17, 15) is 4.79 Å². The van der Waals surface area contributed by atoms with Crippen molar-refractivity contribution in [3.05, 3.63) is 41.0 Å². The first-order valence-electron chi connectivity index (χ1n) is 7.88. The smallest absolute Gasteiger partial charge is 0.227 e. The molecule has 1 aromatic carbocycles. The lowest BCUT2D eigenvalue weighted by atomic mass is 9.81. The summed E-state index contributed by atoms with van der Waals surface area (Å²) in [4.78, 5) is 15.7. The number of carbonyl (C=O) groups excluding carboxylic acids is 1. The largest absolute Gasteiger partial charge is 0.497 e. The molecule has 1 aliphatic rings. The molecule has 23 heavy (non-hydrogen) atoms. The minimum atomic E-state index is -0.118. The maximum Gasteiger partial charge on any atom is 0.227 e. The monoisotopic (exact) mass is 315 g/mol. The molecule has 0 spiro atoms. The van der Waals surface area contributed by atoms with Crippen molar-refractivity contribution < 1.29 is 14.1 Å². The molecule has 0 bridgehead atoms. The van der Waals surface area contributed by atoms with Gasteiger partial charge in [-0.25, -0.2) is 0 Å². The summed E-state index contributed by atoms with van der Waals surface area (Å²) in [7, 11) is 3.28. The van der Waals surface area contributed by atoms with Crippen molar-refractivity contribution in [2.24, 2.45) is 0 Å². The van der Waals surface area contributed by atoms with E-state index in [4.69, 9.17) is 9.26 Å². The minimum Gasteiger partial charge on any atom is -0.497 e. The number of rotatable bonds is 5. The van der Waals surface area contributed by atoms with Crippen LogP contribution in [-0.2, 0) is 24.1 Å². The van der Waals surface area contributed by atoms with Gasteiger partial charge in [0.05, 0.1) is 13.5 Å². The number of carbonyl (C=O) groups is 1. The SMILES string of the molecule is CNC(=O)Cc1noc(C[C@@H]2CCCc3cc(OC)ccc32)n1. The van der Waals surface area contributed by atoms with Crippen molar-refractivity contribution in [1.29, 1.82) is 0 Å². The van der Waals surface area contributed by atoms with Crippen molar-refractivity contribution in [2.75, 3.05) is 14.2 Å². The highest BCUT2D eigenvalue weighted by Crippen LogP contribution is 2.35. The third-order valence-corrected chi connectivity index (χ3v) is 4.32. The number of fused-ring (bicyclic) bond motifs is 1. The van der Waals surface area contributed by atoms with Gasteiger partial charge >= 0.3 is 0 Å². The molecule has 1 atom stereocenters. The standard InChI is InChI=1S/C17H21N3O3/c1-18-16(21)10-15-19-17(23-20-15)9-12-5-3-4-11-8-13(22-2)6-7-14(11)12/h6-8,12H,3-5,9-10H2,1-2H3,(H,18,21)/t12-/m0/s1. The van der Waals surface area contributed by atoms with Crippen LogP contribution in [-0.4, -0.2) is 30.2 Å². The summed E-state index contributed by atoms with van der Waals surface area (Å²) in [5, 5.41) is 6.44. The molecule has 1 N–H and O–H groups in total. The Bertz CT molecular complexity index is 696. The number of nitrogens with zero attached hydrogens (tertiary/aromatic N) is 2. The fraction of sp³-hybridized carbons (Fsp3) is 0.471. The summed E-state index contributed by atoms with van der Waals surface area (Å²) in [6, 6.07) is 6.26. The summed E-state index contributed by atoms with van der Waals surface area (Å²) >= 11 is 0. The molecular formula is C17H21N3O3. The lowest BCUT2D eigenvalue weighted by Gasteiger charge is -2.24. The number of hydrogen-bond acceptors (Lipinski definition) is 5. The van der Waals surface area contributed by atoms with E-state index in [1.54, 1.807) is 14.2 Å². The van der Waals surface area contributed by atoms with Crippen LogP contribution in [0.25, 0.3) is 0 Å². The number of nitrogens with one attached hydrogen (secondary N) is 1. The predicted molar refractivity (Wildman–Crippen MR) is 84.4 cm³/mol. The second kappa shape index (κ2) is 6.81. The number of aryl methyl sites for hydroxylation is 1. The first-order valence-corrected chi connectivity index (χ1v) is 7.88. The van der Waals surface area contributed by atoms with Crippen LogP contribution in [0.15, 0.2) is 22.7 Å². The summed E-state index contributed by atoms with van der Waals surface area (Å²) in [5.41, 5.74) is 2.67. The van der Waals surface area contributed by atoms with Gasteiger partial charge in [-0.05, 0) is 48.4 Å². The Morgan fingerprint density at radius 2 is 2.35 bits per heavy atom. The van der Waals surface area contributed by atoms with E-state index in [0.29, 0.717) is 24.1 Å². The number of ether oxygens (including phenoxy) is 1. The number of methoxy groups -OCH3 is 1. The first-order chi connectivity index (χ1) is 11.2. The van der Waals surface area contributed by atoms with Gasteiger partial charge < -0.3 is 14.6 Å². The Kier molecular flexibility index (Phi) is 4.60. The molecule has 0 aliphatic heterocycles. The molecular weight excluding hydrogens is 294 g/mol. The van der Waals surface area contributed by atoms with Crippen molar-refractivity contribution >= 4 is 5.91 Å². The van der Waals surface area contributed by atoms with Crippen LogP contribution >= 0.6 is 0 Å². The van der Waals surface area contributed by atoms with Crippen LogP contribution in [0.2, 0.25) is 0 Å². The van der Waals surface area contributed by atoms with Gasteiger partial charge in [-0.3, -0.25) is 4.79 Å². The fourth-order valence-electron chi connectivity index (χ4n) is 3.12. The van der Waals surface area contributed by atoms with Gasteiger partial charge in [0.1, 0.15) is 5.75 Å². The molecule has 6 nitrogen and oxygen atoms in total. The molecule has 3 rings (SSSR count). The number of aromatic nitrogens is 2. The summed E-state index contributed by atoms with van der Waals surface area (Å²) in [6.07, 6.45) is 4.18. The van der Waals surface area contributed by atoms with Crippen molar-refractivity contribution in [2.45, 2.75) is 38.0 Å². The highest BCUT2D eigenvalue weighted by molar-refractivity contribution is 5.77. The average Bonchev–Trinajstić information content (AvgIpc) is 3.01. The van der Waals surface area contributed by atoms with E-state index in [1.165, 1.54) is 11.1 Å². The van der Waals surface area contributed by atoms with Gasteiger partial charge in [0.2, 0.25) is 11.8 Å². The molecule has 1 aliphatic carbocycles. The normalized spacial score (nSPS) is 16.7. The lowest BCUT2D eigenvalue weighted by molar-refractivity contribution is -0.120. The molecule has 0 saturated heterocycles. The Morgan fingerprint density at radius 1 is 1.48 bits per heavy atom. The van der Waals surface area contributed by atoms with Gasteiger partial charge in [0.15, 0.2) is 5.82 Å². The molecule has 1 aromatic heterocycles. The molecule has 1 amide bonds. The predicted octanol–water partition coefficient (Wildman–Crippen LogP) is 2.03. The van der Waals surface area contributed by atoms with Gasteiger partial charge in [0, 0.05) is 13.5 Å². The Hall–Kier alpha value is -2.37. The van der Waals surface area contributed by atoms with E-state index in [-0.39, 0.29) is 12.3 Å². The molecule has 1 heterocycles. The van der Waals surface area contributed by atoms with Crippen LogP contribution in [0.5, 0.6) is 5.75 Å². The summed E-state index contributed by atoms with van der Waals surface area (Å²) in [5.74, 6) is 2.18. The molecule has 0 fully saturated rings. The van der Waals surface area contributed by atoms with Crippen LogP contribution in [0.3, 0.4) is 0 Å². The van der Waals surface area contributed by atoms with Gasteiger partial charge in [-0.15, -0.1) is 0 Å². The second-order valence-corrected chi connectivity index (χ2v) is 5.81. The zero-order valence-electron chi connectivity index (χ0n) is 13.5. The average molecular weight is 315 g/mol. The van der Waals surface area contributed by atoms with Crippen molar-refractivity contribution in [3.63, 3.8) is 0 Å². The fourth-order valence-corrected chi connectivity index (χ4v) is 3.12. The number of likely N-dealkylation sites (N-methyl/N-ethyl adjacent to an activating group) is 1. The van der Waals surface area contributed by atoms with Crippen LogP contribution < -0.4 is 10.1 Å². The van der Waals surface area contributed by atoms with Crippen LogP contribution in [0.4, 0.5) is 0 Å². The highest BCUT2D eigenvalue weighted by atomic mass is 16.5. The van der Waals surface area contributed by atoms with Crippen molar-refractivity contribution in [1.82, 2.24) is 15.5 Å². The zero-order valence-corrected chi connectivity index (χ0v) is 13.5. The quantitative estimate of drug-likeness (QED) is 0.913. The Balaban J connectivity index is 1.73. The molecule has 6 heteroatoms. The molecule has 122 valence electrons. The van der Waals surface area contributed by atoms with Gasteiger partial charge in [-0.2, -0.15) is 4.98 Å². The highest BCUT2D eigenvalue weighted by Gasteiger charge is 2.23. The van der Waals surface area contributed by atoms with E-state index in [2.05, 4.69) is 27.6 Å². The van der Waals surface area contributed by atoms with Crippen molar-refractivity contribution in [3.8, 4) is 5.75 Å². The van der Waals surface area contributed by atoms with Gasteiger partial charge in [-0.1, -0.05) is 11.2 Å². The number of hydrogen-bond donors (Lipinski definition) is 1. The van der Waals surface area contributed by atoms with E-state index in [1.807, 2.05) is 6.07 Å². The van der Waals surface area contributed by atoms with E-state index in [0.717, 1.165) is 25.0 Å². The third kappa shape index (κ3) is 3.52. The Labute approximate surface area is 135 Å². The van der Waals surface area contributed by atoms with E-state index >= 15 is 0 Å². The van der Waals surface area contributed by atoms with E-state index < -0.39 is 0 Å². The molecule has 0 radical (unpaired) electrons. The topological polar surface area (TPSA) is 77.2 Å². The van der Waals surface area contributed by atoms with Gasteiger partial charge in [0.25, 0.3) is 0 Å². The molecule has 2 aromatic rings. The first kappa shape index (κ1) is 15.5. The zero-order chi connectivity index (χ0) is 16.2. The molecule has 0 unspecified atom stereocenters. The Morgan fingerprint density at radius 3 is 3.13 bits per heavy atom. The second-order valence-electron chi connectivity index (χ2n) is 5.81. The van der Waals surface area contributed by atoms with Crippen LogP contribution in [0, 0.1) is 0 Å². The number of benzene rings is 1. The van der Waals surface area contributed by atoms with Crippen LogP contribution in [0.1, 0.15) is 41.6 Å². The molecule has 0 saturated carbocycles.